The van der Waals surface area contributed by atoms with Crippen molar-refractivity contribution in [2.45, 2.75) is 33.6 Å². The maximum absolute atomic E-state index is 11.7. The Balaban J connectivity index is 3.70. The summed E-state index contributed by atoms with van der Waals surface area (Å²) in [7, 11) is 0. The first-order chi connectivity index (χ1) is 7.06. The van der Waals surface area contributed by atoms with E-state index in [0.717, 1.165) is 18.4 Å². The van der Waals surface area contributed by atoms with Crippen LogP contribution in [0.25, 0.3) is 0 Å². The molecule has 0 aliphatic carbocycles. The van der Waals surface area contributed by atoms with Crippen LogP contribution in [0.1, 0.15) is 33.6 Å². The molecule has 0 bridgehead atoms. The van der Waals surface area contributed by atoms with Gasteiger partial charge in [-0.3, -0.25) is 0 Å². The van der Waals surface area contributed by atoms with Gasteiger partial charge in [0.2, 0.25) is 0 Å². The zero-order valence-electron chi connectivity index (χ0n) is 9.68. The summed E-state index contributed by atoms with van der Waals surface area (Å²) in [5.41, 5.74) is 2.45. The molecule has 0 aliphatic heterocycles. The summed E-state index contributed by atoms with van der Waals surface area (Å²) in [6.45, 7) is 5.21. The minimum absolute atomic E-state index is 0.170. The predicted molar refractivity (Wildman–Crippen MR) is 59.4 cm³/mol. The lowest BCUT2D eigenvalue weighted by molar-refractivity contribution is -0.143. The van der Waals surface area contributed by atoms with Crippen LogP contribution in [-0.4, -0.2) is 19.3 Å². The third-order valence-electron chi connectivity index (χ3n) is 1.88. The summed E-state index contributed by atoms with van der Waals surface area (Å²) < 4.78 is 16.3. The highest BCUT2D eigenvalue weighted by atomic mass is 19.1. The highest BCUT2D eigenvalue weighted by Crippen LogP contribution is 2.06. The smallest absolute Gasteiger partial charge is 0.337 e. The monoisotopic (exact) mass is 214 g/mol. The zero-order chi connectivity index (χ0) is 11.7. The Labute approximate surface area is 90.8 Å². The average molecular weight is 214 g/mol. The van der Waals surface area contributed by atoms with E-state index < -0.39 is 12.6 Å². The van der Waals surface area contributed by atoms with E-state index in [2.05, 4.69) is 24.7 Å². The predicted octanol–water partition coefficient (Wildman–Crippen LogP) is 3.19. The topological polar surface area (TPSA) is 26.3 Å². The van der Waals surface area contributed by atoms with Crippen molar-refractivity contribution in [1.82, 2.24) is 0 Å². The highest BCUT2D eigenvalue weighted by molar-refractivity contribution is 5.70. The molecular formula is C12H19FO2. The lowest BCUT2D eigenvalue weighted by Crippen LogP contribution is -2.06. The van der Waals surface area contributed by atoms with Gasteiger partial charge in [-0.2, -0.15) is 0 Å². The van der Waals surface area contributed by atoms with E-state index in [1.165, 1.54) is 5.57 Å². The molecule has 0 radical (unpaired) electrons. The van der Waals surface area contributed by atoms with Gasteiger partial charge in [0.05, 0.1) is 0 Å². The van der Waals surface area contributed by atoms with Crippen molar-refractivity contribution in [2.24, 2.45) is 0 Å². The fourth-order valence-electron chi connectivity index (χ4n) is 1.01. The van der Waals surface area contributed by atoms with Gasteiger partial charge in [0, 0.05) is 0 Å². The number of allylic oxidation sites excluding steroid dienone is 3. The van der Waals surface area contributed by atoms with Gasteiger partial charge in [0.1, 0.15) is 6.61 Å². The minimum Gasteiger partial charge on any atom is -0.460 e. The van der Waals surface area contributed by atoms with Crippen molar-refractivity contribution in [1.29, 1.82) is 0 Å². The first-order valence-corrected chi connectivity index (χ1v) is 5.07. The molecule has 0 aliphatic rings. The molecule has 0 heterocycles. The van der Waals surface area contributed by atoms with E-state index in [-0.39, 0.29) is 6.61 Å². The van der Waals surface area contributed by atoms with E-state index in [1.807, 2.05) is 13.0 Å². The number of hydrogen-bond acceptors (Lipinski definition) is 2. The molecule has 0 aromatic rings. The van der Waals surface area contributed by atoms with Crippen LogP contribution in [0.4, 0.5) is 4.39 Å². The Hall–Kier alpha value is -1.12. The lowest BCUT2D eigenvalue weighted by Gasteiger charge is -2.00. The second kappa shape index (κ2) is 8.21. The van der Waals surface area contributed by atoms with Gasteiger partial charge < -0.3 is 4.74 Å². The number of rotatable bonds is 6. The van der Waals surface area contributed by atoms with Crippen molar-refractivity contribution in [3.63, 3.8) is 0 Å². The summed E-state index contributed by atoms with van der Waals surface area (Å²) in [4.78, 5) is 10.5. The fourth-order valence-corrected chi connectivity index (χ4v) is 1.01. The molecule has 0 amide bonds. The van der Waals surface area contributed by atoms with Crippen molar-refractivity contribution < 1.29 is 13.9 Å². The molecule has 0 rings (SSSR count). The molecule has 0 N–H and O–H groups in total. The normalized spacial score (nSPS) is 11.1. The number of ether oxygens (including phenoxy) is 1. The number of esters is 1. The molecule has 0 saturated heterocycles. The van der Waals surface area contributed by atoms with Crippen LogP contribution in [0, 0.1) is 0 Å². The third-order valence-corrected chi connectivity index (χ3v) is 1.88. The Bertz CT molecular complexity index is 250. The highest BCUT2D eigenvalue weighted by Gasteiger charge is 1.98. The summed E-state index contributed by atoms with van der Waals surface area (Å²) >= 11 is 0. The van der Waals surface area contributed by atoms with Gasteiger partial charge in [0.25, 0.3) is 0 Å². The van der Waals surface area contributed by atoms with Crippen LogP contribution < -0.4 is 0 Å². The van der Waals surface area contributed by atoms with Crippen LogP contribution in [0.5, 0.6) is 0 Å². The van der Waals surface area contributed by atoms with Gasteiger partial charge in [-0.05, 0) is 39.7 Å². The molecule has 3 heteroatoms. The van der Waals surface area contributed by atoms with Crippen molar-refractivity contribution >= 4 is 5.97 Å². The lowest BCUT2D eigenvalue weighted by atomic mass is 10.1. The summed E-state index contributed by atoms with van der Waals surface area (Å²) in [5, 5.41) is 0. The summed E-state index contributed by atoms with van der Waals surface area (Å²) in [6.07, 6.45) is 5.90. The number of carbonyl (C=O) groups is 1. The van der Waals surface area contributed by atoms with Crippen LogP contribution in [0.15, 0.2) is 23.3 Å². The molecule has 0 aromatic heterocycles. The molecule has 0 spiro atoms. The van der Waals surface area contributed by atoms with Gasteiger partial charge in [-0.15, -0.1) is 0 Å². The Morgan fingerprint density at radius 2 is 1.93 bits per heavy atom. The van der Waals surface area contributed by atoms with Gasteiger partial charge in [-0.25, -0.2) is 9.18 Å². The summed E-state index contributed by atoms with van der Waals surface area (Å²) in [6, 6.07) is 0. The van der Waals surface area contributed by atoms with Crippen molar-refractivity contribution in [2.75, 3.05) is 13.3 Å². The van der Waals surface area contributed by atoms with Crippen LogP contribution in [0.2, 0.25) is 0 Å². The third kappa shape index (κ3) is 9.19. The van der Waals surface area contributed by atoms with Gasteiger partial charge >= 0.3 is 5.97 Å². The Morgan fingerprint density at radius 1 is 1.27 bits per heavy atom. The molecule has 15 heavy (non-hydrogen) atoms. The maximum atomic E-state index is 11.7. The molecule has 0 fully saturated rings. The standard InChI is InChI=1S/C12H19FO2/c1-10(2)5-4-6-11(3)7-8-15-12(14)9-13/h5,7H,4,6,8-9H2,1-3H3/b11-7-. The Kier molecular flexibility index (Phi) is 7.60. The second-order valence-electron chi connectivity index (χ2n) is 3.69. The SMILES string of the molecule is CC(C)=CCC/C(C)=C\COC(=O)CF. The van der Waals surface area contributed by atoms with E-state index in [0.29, 0.717) is 0 Å². The van der Waals surface area contributed by atoms with Crippen LogP contribution in [-0.2, 0) is 9.53 Å². The first kappa shape index (κ1) is 13.9. The first-order valence-electron chi connectivity index (χ1n) is 5.07. The number of halogens is 1. The van der Waals surface area contributed by atoms with E-state index in [4.69, 9.17) is 0 Å². The van der Waals surface area contributed by atoms with Crippen LogP contribution >= 0.6 is 0 Å². The summed E-state index contributed by atoms with van der Waals surface area (Å²) in [5.74, 6) is -0.802. The molecule has 0 unspecified atom stereocenters. The molecule has 0 aromatic carbocycles. The molecule has 86 valence electrons. The minimum atomic E-state index is -1.05. The van der Waals surface area contributed by atoms with Gasteiger partial charge in [-0.1, -0.05) is 17.2 Å². The van der Waals surface area contributed by atoms with Gasteiger partial charge in [0.15, 0.2) is 6.67 Å². The van der Waals surface area contributed by atoms with E-state index in [1.54, 1.807) is 0 Å². The number of carbonyl (C=O) groups excluding carboxylic acids is 1. The van der Waals surface area contributed by atoms with Crippen molar-refractivity contribution in [3.05, 3.63) is 23.3 Å². The van der Waals surface area contributed by atoms with E-state index >= 15 is 0 Å². The average Bonchev–Trinajstić information content (AvgIpc) is 2.17. The van der Waals surface area contributed by atoms with Crippen molar-refractivity contribution in [3.8, 4) is 0 Å². The maximum Gasteiger partial charge on any atom is 0.337 e. The number of hydrogen-bond donors (Lipinski definition) is 0. The Morgan fingerprint density at radius 3 is 2.47 bits per heavy atom. The molecule has 2 nitrogen and oxygen atoms in total. The zero-order valence-corrected chi connectivity index (χ0v) is 9.68. The quantitative estimate of drug-likeness (QED) is 0.501. The number of alkyl halides is 1. The molecular weight excluding hydrogens is 195 g/mol. The molecule has 0 saturated carbocycles. The molecule has 0 atom stereocenters. The van der Waals surface area contributed by atoms with Crippen LogP contribution in [0.3, 0.4) is 0 Å². The van der Waals surface area contributed by atoms with E-state index in [9.17, 15) is 9.18 Å². The fraction of sp³-hybridized carbons (Fsp3) is 0.583. The largest absolute Gasteiger partial charge is 0.460 e. The second-order valence-corrected chi connectivity index (χ2v) is 3.69.